The zero-order valence-corrected chi connectivity index (χ0v) is 33.1. The Morgan fingerprint density at radius 1 is 0.800 bits per heavy atom. The summed E-state index contributed by atoms with van der Waals surface area (Å²) in [6.45, 7) is 12.3. The Labute approximate surface area is 323 Å². The van der Waals surface area contributed by atoms with Crippen LogP contribution in [-0.4, -0.2) is 127 Å². The maximum atomic E-state index is 14.5. The van der Waals surface area contributed by atoms with Crippen LogP contribution in [0.5, 0.6) is 0 Å². The van der Waals surface area contributed by atoms with Crippen LogP contribution in [0, 0.1) is 50.2 Å². The predicted octanol–water partition coefficient (Wildman–Crippen LogP) is 2.02. The monoisotopic (exact) mass is 780 g/mol. The Kier molecular flexibility index (Phi) is 10.5. The van der Waals surface area contributed by atoms with E-state index in [0.717, 1.165) is 19.3 Å². The van der Waals surface area contributed by atoms with Crippen LogP contribution in [0.1, 0.15) is 106 Å². The van der Waals surface area contributed by atoms with Gasteiger partial charge in [0.25, 0.3) is 0 Å². The van der Waals surface area contributed by atoms with Crippen LogP contribution in [0.15, 0.2) is 11.6 Å². The van der Waals surface area contributed by atoms with Crippen molar-refractivity contribution in [2.24, 2.45) is 50.2 Å². The lowest BCUT2D eigenvalue weighted by Gasteiger charge is -2.71. The number of hydrogen-bond donors (Lipinski definition) is 8. The van der Waals surface area contributed by atoms with Gasteiger partial charge in [0.2, 0.25) is 6.29 Å². The lowest BCUT2D eigenvalue weighted by molar-refractivity contribution is -0.308. The lowest BCUT2D eigenvalue weighted by atomic mass is 9.33. The molecule has 0 aromatic rings. The van der Waals surface area contributed by atoms with Crippen LogP contribution in [0.3, 0.4) is 0 Å². The van der Waals surface area contributed by atoms with Crippen molar-refractivity contribution in [3.05, 3.63) is 11.6 Å². The van der Waals surface area contributed by atoms with Crippen molar-refractivity contribution >= 4 is 11.9 Å². The molecular formula is C41H64O14. The minimum atomic E-state index is -1.69. The number of fused-ring (bicyclic) bond motifs is 7. The van der Waals surface area contributed by atoms with Gasteiger partial charge in [-0.1, -0.05) is 46.3 Å². The molecule has 0 unspecified atom stereocenters. The van der Waals surface area contributed by atoms with Crippen LogP contribution in [0.25, 0.3) is 0 Å². The molecule has 6 fully saturated rings. The summed E-state index contributed by atoms with van der Waals surface area (Å²) in [5, 5.41) is 83.2. The first kappa shape index (κ1) is 41.4. The van der Waals surface area contributed by atoms with E-state index in [0.29, 0.717) is 44.9 Å². The quantitative estimate of drug-likeness (QED) is 0.110. The third kappa shape index (κ3) is 6.01. The average Bonchev–Trinajstić information content (AvgIpc) is 3.13. The molecular weight excluding hydrogens is 716 g/mol. The van der Waals surface area contributed by atoms with Gasteiger partial charge in [-0.2, -0.15) is 0 Å². The molecule has 0 radical (unpaired) electrons. The number of rotatable bonds is 6. The van der Waals surface area contributed by atoms with Crippen LogP contribution in [0.2, 0.25) is 0 Å². The molecule has 2 heterocycles. The van der Waals surface area contributed by atoms with E-state index in [-0.39, 0.29) is 40.6 Å². The largest absolute Gasteiger partial charge is 0.481 e. The van der Waals surface area contributed by atoms with E-state index in [1.807, 2.05) is 0 Å². The van der Waals surface area contributed by atoms with Crippen LogP contribution < -0.4 is 0 Å². The third-order valence-electron chi connectivity index (χ3n) is 16.9. The number of carbonyl (C=O) groups excluding carboxylic acids is 1. The van der Waals surface area contributed by atoms with Gasteiger partial charge >= 0.3 is 11.9 Å². The lowest BCUT2D eigenvalue weighted by Crippen LogP contribution is -2.67. The molecule has 4 saturated carbocycles. The van der Waals surface area contributed by atoms with Crippen molar-refractivity contribution in [3.63, 3.8) is 0 Å². The van der Waals surface area contributed by atoms with Crippen molar-refractivity contribution in [2.75, 3.05) is 13.2 Å². The van der Waals surface area contributed by atoms with Gasteiger partial charge in [-0.3, -0.25) is 9.59 Å². The van der Waals surface area contributed by atoms with Gasteiger partial charge in [0, 0.05) is 0 Å². The Morgan fingerprint density at radius 3 is 2.15 bits per heavy atom. The fourth-order valence-corrected chi connectivity index (χ4v) is 13.2. The van der Waals surface area contributed by atoms with Gasteiger partial charge in [-0.05, 0) is 111 Å². The number of aliphatic hydroxyl groups excluding tert-OH is 7. The van der Waals surface area contributed by atoms with Crippen molar-refractivity contribution < 1.29 is 69.4 Å². The molecule has 8 N–H and O–H groups in total. The minimum absolute atomic E-state index is 0.0660. The van der Waals surface area contributed by atoms with Gasteiger partial charge in [0.15, 0.2) is 6.29 Å². The highest BCUT2D eigenvalue weighted by Crippen LogP contribution is 2.76. The molecule has 0 aromatic carbocycles. The van der Waals surface area contributed by atoms with E-state index >= 15 is 0 Å². The number of aliphatic hydroxyl groups is 7. The Bertz CT molecular complexity index is 1530. The summed E-state index contributed by atoms with van der Waals surface area (Å²) in [4.78, 5) is 28.0. The molecule has 7 rings (SSSR count). The Balaban J connectivity index is 1.19. The maximum Gasteiger partial charge on any atom is 0.315 e. The smallest absolute Gasteiger partial charge is 0.315 e. The molecule has 14 nitrogen and oxygen atoms in total. The molecule has 312 valence electrons. The Morgan fingerprint density at radius 2 is 1.47 bits per heavy atom. The average molecular weight is 781 g/mol. The molecule has 7 aliphatic rings. The number of carboxylic acid groups (broad SMARTS) is 1. The second-order valence-corrected chi connectivity index (χ2v) is 20.0. The topological polar surface area (TPSA) is 233 Å². The van der Waals surface area contributed by atoms with E-state index in [9.17, 15) is 50.4 Å². The van der Waals surface area contributed by atoms with Crippen molar-refractivity contribution in [1.29, 1.82) is 0 Å². The highest BCUT2D eigenvalue weighted by Gasteiger charge is 2.71. The van der Waals surface area contributed by atoms with Crippen LogP contribution in [0.4, 0.5) is 0 Å². The zero-order valence-electron chi connectivity index (χ0n) is 33.1. The zero-order chi connectivity index (χ0) is 40.3. The van der Waals surface area contributed by atoms with E-state index in [2.05, 4.69) is 40.7 Å². The summed E-state index contributed by atoms with van der Waals surface area (Å²) in [6, 6.07) is 0. The summed E-state index contributed by atoms with van der Waals surface area (Å²) in [6.07, 6.45) is -5.14. The standard InChI is InChI=1S/C41H64O14/c1-36(2)13-15-41(35(51)55-33-31(48)29(46)28(45)23(18-42)53-33)16-14-38(4)20(21(41)17-36)7-8-24-37(3)11-10-26(54-32-30(47)27(44)22(43)19-52-32)40(6,34(49)50)25(37)9-12-39(24,38)5/h7,21-33,42-48H,8-19H2,1-6H3,(H,49,50)/t21-,22-,23+,24+,25+,26-,27-,28+,29-,30+,31+,32-,33-,37+,38+,39+,40-,41-/m0/s1. The molecule has 55 heavy (non-hydrogen) atoms. The van der Waals surface area contributed by atoms with Crippen molar-refractivity contribution in [1.82, 2.24) is 0 Å². The first-order valence-corrected chi connectivity index (χ1v) is 20.4. The number of carboxylic acids is 1. The first-order chi connectivity index (χ1) is 25.6. The number of aliphatic carboxylic acids is 1. The van der Waals surface area contributed by atoms with E-state index in [4.69, 9.17) is 18.9 Å². The molecule has 2 saturated heterocycles. The van der Waals surface area contributed by atoms with Crippen LogP contribution >= 0.6 is 0 Å². The number of esters is 1. The summed E-state index contributed by atoms with van der Waals surface area (Å²) in [7, 11) is 0. The third-order valence-corrected chi connectivity index (χ3v) is 16.9. The van der Waals surface area contributed by atoms with Gasteiger partial charge in [0.05, 0.1) is 30.1 Å². The molecule has 0 spiro atoms. The number of hydrogen-bond acceptors (Lipinski definition) is 13. The number of carbonyl (C=O) groups is 2. The first-order valence-electron chi connectivity index (χ1n) is 20.4. The van der Waals surface area contributed by atoms with Gasteiger partial charge < -0.3 is 59.8 Å². The highest BCUT2D eigenvalue weighted by atomic mass is 16.7. The van der Waals surface area contributed by atoms with E-state index in [1.165, 1.54) is 5.57 Å². The fraction of sp³-hybridized carbons (Fsp3) is 0.902. The summed E-state index contributed by atoms with van der Waals surface area (Å²) in [5.74, 6) is -1.81. The summed E-state index contributed by atoms with van der Waals surface area (Å²) < 4.78 is 23.4. The van der Waals surface area contributed by atoms with E-state index in [1.54, 1.807) is 6.92 Å². The number of allylic oxidation sites excluding steroid dienone is 2. The molecule has 18 atom stereocenters. The molecule has 0 amide bonds. The molecule has 2 aliphatic heterocycles. The van der Waals surface area contributed by atoms with Gasteiger partial charge in [0.1, 0.15) is 42.7 Å². The maximum absolute atomic E-state index is 14.5. The SMILES string of the molecule is CC1(C)CC[C@]2(C(=O)O[C@@H]3O[C@H](CO)[C@@H](O)[C@H](O)[C@H]3O)CC[C@]3(C)C(=CC[C@@H]4[C@@]5(C)CC[C@H](O[C@@H]6OC[C@H](O)[C@H](O)[C@H]6O)[C@@](C)(C(=O)O)[C@@H]5CC[C@]43C)[C@@H]2C1. The highest BCUT2D eigenvalue weighted by molar-refractivity contribution is 5.79. The second kappa shape index (κ2) is 13.9. The van der Waals surface area contributed by atoms with Gasteiger partial charge in [-0.25, -0.2) is 0 Å². The summed E-state index contributed by atoms with van der Waals surface area (Å²) >= 11 is 0. The van der Waals surface area contributed by atoms with Crippen molar-refractivity contribution in [3.8, 4) is 0 Å². The molecule has 5 aliphatic carbocycles. The minimum Gasteiger partial charge on any atom is -0.481 e. The molecule has 14 heteroatoms. The predicted molar refractivity (Wildman–Crippen MR) is 193 cm³/mol. The Hall–Kier alpha value is -1.72. The second-order valence-electron chi connectivity index (χ2n) is 20.0. The van der Waals surface area contributed by atoms with Crippen LogP contribution in [-0.2, 0) is 28.5 Å². The van der Waals surface area contributed by atoms with E-state index < -0.39 is 96.2 Å². The normalized spacial score (nSPS) is 53.4. The number of ether oxygens (including phenoxy) is 4. The molecule has 0 bridgehead atoms. The summed E-state index contributed by atoms with van der Waals surface area (Å²) in [5.41, 5.74) is -2.02. The van der Waals surface area contributed by atoms with Crippen molar-refractivity contribution in [2.45, 2.75) is 167 Å². The van der Waals surface area contributed by atoms with Gasteiger partial charge in [-0.15, -0.1) is 0 Å². The fourth-order valence-electron chi connectivity index (χ4n) is 13.2. The molecule has 0 aromatic heterocycles.